The zero-order valence-electron chi connectivity index (χ0n) is 18.3. The van der Waals surface area contributed by atoms with Crippen LogP contribution < -0.4 is 10.1 Å². The minimum absolute atomic E-state index is 0.112. The summed E-state index contributed by atoms with van der Waals surface area (Å²) in [6, 6.07) is 5.86. The molecule has 0 amide bonds. The molecular weight excluding hydrogens is 382 g/mol. The van der Waals surface area contributed by atoms with Crippen molar-refractivity contribution in [3.8, 4) is 5.75 Å². The molecule has 162 valence electrons. The van der Waals surface area contributed by atoms with Gasteiger partial charge in [-0.15, -0.1) is 10.2 Å². The van der Waals surface area contributed by atoms with Crippen LogP contribution in [0.4, 0.5) is 5.82 Å². The Labute approximate surface area is 177 Å². The summed E-state index contributed by atoms with van der Waals surface area (Å²) in [5.41, 5.74) is 2.48. The number of benzene rings is 1. The van der Waals surface area contributed by atoms with Crippen molar-refractivity contribution in [1.29, 1.82) is 0 Å². The second kappa shape index (κ2) is 10.2. The number of aromatic nitrogens is 4. The number of rotatable bonds is 11. The van der Waals surface area contributed by atoms with Gasteiger partial charge in [0.1, 0.15) is 11.6 Å². The quantitative estimate of drug-likeness (QED) is 0.373. The highest BCUT2D eigenvalue weighted by atomic mass is 16.5. The second-order valence-electron chi connectivity index (χ2n) is 7.76. The largest absolute Gasteiger partial charge is 0.494 e. The first-order valence-corrected chi connectivity index (χ1v) is 10.7. The lowest BCUT2D eigenvalue weighted by molar-refractivity contribution is -0.144. The van der Waals surface area contributed by atoms with Gasteiger partial charge in [0.2, 0.25) is 5.65 Å². The topological polar surface area (TPSA) is 90.6 Å². The highest BCUT2D eigenvalue weighted by Gasteiger charge is 2.13. The Bertz CT molecular complexity index is 999. The molecule has 0 aliphatic rings. The van der Waals surface area contributed by atoms with Crippen LogP contribution in [0.2, 0.25) is 0 Å². The molecule has 0 spiro atoms. The van der Waals surface area contributed by atoms with Crippen molar-refractivity contribution in [3.63, 3.8) is 0 Å². The van der Waals surface area contributed by atoms with Crippen LogP contribution in [0.1, 0.15) is 52.3 Å². The van der Waals surface area contributed by atoms with E-state index in [4.69, 9.17) is 14.5 Å². The lowest BCUT2D eigenvalue weighted by Gasteiger charge is -2.11. The van der Waals surface area contributed by atoms with Crippen molar-refractivity contribution in [2.45, 2.75) is 53.4 Å². The van der Waals surface area contributed by atoms with Crippen LogP contribution in [-0.4, -0.2) is 45.3 Å². The molecule has 2 aromatic heterocycles. The lowest BCUT2D eigenvalue weighted by atomic mass is 10.2. The van der Waals surface area contributed by atoms with Crippen molar-refractivity contribution in [2.75, 3.05) is 25.1 Å². The van der Waals surface area contributed by atoms with Gasteiger partial charge in [0.05, 0.1) is 24.2 Å². The molecule has 3 rings (SSSR count). The fourth-order valence-electron chi connectivity index (χ4n) is 3.24. The summed E-state index contributed by atoms with van der Waals surface area (Å²) in [5, 5.41) is 11.9. The second-order valence-corrected chi connectivity index (χ2v) is 7.76. The molecule has 1 aromatic carbocycles. The van der Waals surface area contributed by atoms with Gasteiger partial charge in [0.15, 0.2) is 5.82 Å². The van der Waals surface area contributed by atoms with Gasteiger partial charge in [-0.05, 0) is 44.7 Å². The highest BCUT2D eigenvalue weighted by Crippen LogP contribution is 2.25. The van der Waals surface area contributed by atoms with Crippen LogP contribution in [-0.2, 0) is 9.53 Å². The number of fused-ring (bicyclic) bond motifs is 3. The summed E-state index contributed by atoms with van der Waals surface area (Å²) in [7, 11) is 0. The first kappa shape index (κ1) is 21.8. The molecule has 0 aliphatic carbocycles. The van der Waals surface area contributed by atoms with E-state index in [9.17, 15) is 4.79 Å². The van der Waals surface area contributed by atoms with Gasteiger partial charge < -0.3 is 14.8 Å². The number of hydrogen-bond donors (Lipinski definition) is 1. The molecule has 0 atom stereocenters. The summed E-state index contributed by atoms with van der Waals surface area (Å²) in [6.07, 6.45) is 3.15. The molecular formula is C22H31N5O3. The molecule has 2 heterocycles. The van der Waals surface area contributed by atoms with Gasteiger partial charge in [-0.2, -0.15) is 0 Å². The minimum Gasteiger partial charge on any atom is -0.494 e. The van der Waals surface area contributed by atoms with Gasteiger partial charge in [-0.1, -0.05) is 20.3 Å². The van der Waals surface area contributed by atoms with Crippen LogP contribution in [0.15, 0.2) is 18.2 Å². The van der Waals surface area contributed by atoms with E-state index >= 15 is 0 Å². The summed E-state index contributed by atoms with van der Waals surface area (Å²) in [5.74, 6) is 2.56. The Morgan fingerprint density at radius 1 is 1.20 bits per heavy atom. The van der Waals surface area contributed by atoms with E-state index in [1.165, 1.54) is 0 Å². The average molecular weight is 414 g/mol. The van der Waals surface area contributed by atoms with Crippen molar-refractivity contribution < 1.29 is 14.3 Å². The van der Waals surface area contributed by atoms with E-state index in [-0.39, 0.29) is 5.97 Å². The van der Waals surface area contributed by atoms with Gasteiger partial charge in [0.25, 0.3) is 0 Å². The van der Waals surface area contributed by atoms with E-state index in [0.29, 0.717) is 37.0 Å². The SMILES string of the molecule is CCOc1ccc2c(c1)nc(NCCCCCC(=O)OCC(C)C)c1nnc(C)n12. The number of anilines is 1. The summed E-state index contributed by atoms with van der Waals surface area (Å²) >= 11 is 0. The number of nitrogens with one attached hydrogen (secondary N) is 1. The van der Waals surface area contributed by atoms with Crippen molar-refractivity contribution in [1.82, 2.24) is 19.6 Å². The third kappa shape index (κ3) is 5.37. The van der Waals surface area contributed by atoms with Gasteiger partial charge in [-0.3, -0.25) is 9.20 Å². The molecule has 1 N–H and O–H groups in total. The number of carbonyl (C=O) groups is 1. The van der Waals surface area contributed by atoms with Crippen LogP contribution in [0.25, 0.3) is 16.7 Å². The standard InChI is InChI=1S/C22H31N5O3/c1-5-29-17-10-11-19-18(13-17)24-21(22-26-25-16(4)27(19)22)23-12-8-6-7-9-20(28)30-14-15(2)3/h10-11,13,15H,5-9,12,14H2,1-4H3,(H,23,24). The first-order chi connectivity index (χ1) is 14.5. The van der Waals surface area contributed by atoms with Gasteiger partial charge >= 0.3 is 5.97 Å². The Kier molecular flexibility index (Phi) is 7.43. The van der Waals surface area contributed by atoms with E-state index in [2.05, 4.69) is 15.5 Å². The van der Waals surface area contributed by atoms with Crippen molar-refractivity contribution in [3.05, 3.63) is 24.0 Å². The summed E-state index contributed by atoms with van der Waals surface area (Å²) in [4.78, 5) is 16.4. The van der Waals surface area contributed by atoms with Crippen molar-refractivity contribution in [2.24, 2.45) is 5.92 Å². The zero-order chi connectivity index (χ0) is 21.5. The number of carbonyl (C=O) groups excluding carboxylic acids is 1. The van der Waals surface area contributed by atoms with Crippen LogP contribution in [0.3, 0.4) is 0 Å². The molecule has 0 aliphatic heterocycles. The normalized spacial score (nSPS) is 11.4. The van der Waals surface area contributed by atoms with Crippen molar-refractivity contribution >= 4 is 28.5 Å². The van der Waals surface area contributed by atoms with E-state index in [1.54, 1.807) is 0 Å². The summed E-state index contributed by atoms with van der Waals surface area (Å²) in [6.45, 7) is 9.80. The molecule has 3 aromatic rings. The number of unbranched alkanes of at least 4 members (excludes halogenated alkanes) is 2. The number of hydrogen-bond acceptors (Lipinski definition) is 7. The highest BCUT2D eigenvalue weighted by molar-refractivity contribution is 5.84. The van der Waals surface area contributed by atoms with Gasteiger partial charge in [0, 0.05) is 19.0 Å². The predicted octanol–water partition coefficient (Wildman–Crippen LogP) is 4.16. The molecule has 0 saturated carbocycles. The van der Waals surface area contributed by atoms with Gasteiger partial charge in [-0.25, -0.2) is 4.98 Å². The smallest absolute Gasteiger partial charge is 0.305 e. The maximum atomic E-state index is 11.7. The average Bonchev–Trinajstić information content (AvgIpc) is 3.11. The molecule has 0 fully saturated rings. The van der Waals surface area contributed by atoms with Crippen LogP contribution >= 0.6 is 0 Å². The van der Waals surface area contributed by atoms with E-state index < -0.39 is 0 Å². The monoisotopic (exact) mass is 413 g/mol. The predicted molar refractivity (Wildman–Crippen MR) is 117 cm³/mol. The molecule has 0 unspecified atom stereocenters. The minimum atomic E-state index is -0.112. The maximum Gasteiger partial charge on any atom is 0.305 e. The Morgan fingerprint density at radius 2 is 2.03 bits per heavy atom. The number of nitrogens with zero attached hydrogens (tertiary/aromatic N) is 4. The molecule has 8 heteroatoms. The number of ether oxygens (including phenoxy) is 2. The third-order valence-electron chi connectivity index (χ3n) is 4.70. The van der Waals surface area contributed by atoms with Crippen LogP contribution in [0.5, 0.6) is 5.75 Å². The lowest BCUT2D eigenvalue weighted by Crippen LogP contribution is -2.10. The molecule has 0 radical (unpaired) electrons. The molecule has 8 nitrogen and oxygen atoms in total. The Morgan fingerprint density at radius 3 is 2.80 bits per heavy atom. The molecule has 30 heavy (non-hydrogen) atoms. The fraction of sp³-hybridized carbons (Fsp3) is 0.545. The molecule has 0 saturated heterocycles. The van der Waals surface area contributed by atoms with Crippen LogP contribution in [0, 0.1) is 12.8 Å². The maximum absolute atomic E-state index is 11.7. The Balaban J connectivity index is 1.60. The number of esters is 1. The number of aryl methyl sites for hydroxylation is 1. The summed E-state index contributed by atoms with van der Waals surface area (Å²) < 4.78 is 12.8. The zero-order valence-corrected chi connectivity index (χ0v) is 18.3. The van der Waals surface area contributed by atoms with E-state index in [1.807, 2.05) is 50.3 Å². The molecule has 0 bridgehead atoms. The fourth-order valence-corrected chi connectivity index (χ4v) is 3.24. The van der Waals surface area contributed by atoms with E-state index in [0.717, 1.165) is 48.4 Å². The third-order valence-corrected chi connectivity index (χ3v) is 4.70. The Hall–Kier alpha value is -2.90. The first-order valence-electron chi connectivity index (χ1n) is 10.7.